The van der Waals surface area contributed by atoms with Gasteiger partial charge in [-0.1, -0.05) is 43.7 Å². The number of benzene rings is 2. The van der Waals surface area contributed by atoms with Crippen molar-refractivity contribution in [2.75, 3.05) is 0 Å². The monoisotopic (exact) mass is 454 g/mol. The van der Waals surface area contributed by atoms with E-state index in [1.165, 1.54) is 0 Å². The van der Waals surface area contributed by atoms with Crippen LogP contribution < -0.4 is 26.4 Å². The summed E-state index contributed by atoms with van der Waals surface area (Å²) >= 11 is 0. The number of H-pyrrole nitrogens is 1. The molecule has 2 aromatic carbocycles. The van der Waals surface area contributed by atoms with Crippen molar-refractivity contribution < 1.29 is 9.84 Å². The van der Waals surface area contributed by atoms with E-state index in [1.54, 1.807) is 18.3 Å². The Morgan fingerprint density at radius 2 is 1.94 bits per heavy atom. The van der Waals surface area contributed by atoms with Crippen LogP contribution in [0.2, 0.25) is 0 Å². The lowest BCUT2D eigenvalue weighted by atomic mass is 9.95. The number of nitrogens with two attached hydrogens (primary N) is 1. The van der Waals surface area contributed by atoms with Crippen LogP contribution in [0.3, 0.4) is 0 Å². The number of rotatable bonds is 9. The van der Waals surface area contributed by atoms with Crippen LogP contribution in [0.25, 0.3) is 11.8 Å². The quantitative estimate of drug-likeness (QED) is 0.172. The Labute approximate surface area is 200 Å². The number of aromatic amines is 1. The van der Waals surface area contributed by atoms with Gasteiger partial charge < -0.3 is 20.9 Å². The summed E-state index contributed by atoms with van der Waals surface area (Å²) in [5, 5.41) is 21.5. The summed E-state index contributed by atoms with van der Waals surface area (Å²) in [6, 6.07) is 17.5. The topological polar surface area (TPSA) is 96.2 Å². The molecule has 1 aromatic heterocycles. The van der Waals surface area contributed by atoms with Crippen LogP contribution in [-0.4, -0.2) is 15.3 Å². The van der Waals surface area contributed by atoms with E-state index in [0.717, 1.165) is 50.9 Å². The fraction of sp³-hybridized carbons (Fsp3) is 0.179. The molecular formula is C28H30N4O2. The molecule has 6 nitrogen and oxygen atoms in total. The fourth-order valence-electron chi connectivity index (χ4n) is 3.53. The third-order valence-electron chi connectivity index (χ3n) is 5.22. The van der Waals surface area contributed by atoms with Gasteiger partial charge in [0.25, 0.3) is 0 Å². The highest BCUT2D eigenvalue weighted by molar-refractivity contribution is 5.69. The van der Waals surface area contributed by atoms with Gasteiger partial charge in [0, 0.05) is 24.0 Å². The van der Waals surface area contributed by atoms with Crippen LogP contribution in [0.4, 0.5) is 0 Å². The number of aromatic nitrogens is 2. The lowest BCUT2D eigenvalue weighted by molar-refractivity contribution is 0.443. The van der Waals surface area contributed by atoms with E-state index in [-0.39, 0.29) is 12.3 Å². The predicted octanol–water partition coefficient (Wildman–Crippen LogP) is 3.18. The third-order valence-corrected chi connectivity index (χ3v) is 5.22. The zero-order valence-corrected chi connectivity index (χ0v) is 19.5. The van der Waals surface area contributed by atoms with Crippen LogP contribution in [0.5, 0.6) is 11.5 Å². The van der Waals surface area contributed by atoms with E-state index in [1.807, 2.05) is 55.5 Å². The fourth-order valence-corrected chi connectivity index (χ4v) is 3.53. The van der Waals surface area contributed by atoms with Crippen LogP contribution in [0, 0.1) is 12.5 Å². The van der Waals surface area contributed by atoms with Crippen LogP contribution in [-0.2, 0) is 13.0 Å². The van der Waals surface area contributed by atoms with E-state index in [2.05, 4.69) is 34.6 Å². The first-order valence-corrected chi connectivity index (χ1v) is 11.2. The summed E-state index contributed by atoms with van der Waals surface area (Å²) in [5.41, 5.74) is 9.81. The van der Waals surface area contributed by atoms with Gasteiger partial charge in [-0.2, -0.15) is 5.10 Å². The second-order valence-corrected chi connectivity index (χ2v) is 7.55. The number of phenols is 1. The Morgan fingerprint density at radius 1 is 1.21 bits per heavy atom. The maximum atomic E-state index is 9.70. The van der Waals surface area contributed by atoms with Gasteiger partial charge in [-0.15, -0.1) is 0 Å². The summed E-state index contributed by atoms with van der Waals surface area (Å²) in [6.45, 7) is 4.30. The second kappa shape index (κ2) is 12.1. The molecule has 174 valence electrons. The smallest absolute Gasteiger partial charge is 0.127 e. The maximum absolute atomic E-state index is 9.70. The molecule has 3 aromatic rings. The van der Waals surface area contributed by atoms with E-state index < -0.39 is 0 Å². The molecule has 6 heteroatoms. The molecule has 0 atom stereocenters. The maximum Gasteiger partial charge on any atom is 0.127 e. The van der Waals surface area contributed by atoms with Crippen LogP contribution >= 0.6 is 0 Å². The highest BCUT2D eigenvalue weighted by atomic mass is 16.5. The molecule has 1 heterocycles. The Hall–Kier alpha value is -4.21. The van der Waals surface area contributed by atoms with Gasteiger partial charge in [-0.3, -0.25) is 5.10 Å². The molecule has 34 heavy (non-hydrogen) atoms. The van der Waals surface area contributed by atoms with Crippen molar-refractivity contribution in [1.29, 1.82) is 0 Å². The number of allylic oxidation sites excluding steroid dienone is 3. The zero-order valence-electron chi connectivity index (χ0n) is 19.5. The van der Waals surface area contributed by atoms with Gasteiger partial charge in [0.15, 0.2) is 0 Å². The molecule has 0 unspecified atom stereocenters. The van der Waals surface area contributed by atoms with Crippen molar-refractivity contribution in [2.24, 2.45) is 5.73 Å². The first kappa shape index (κ1) is 24.4. The Morgan fingerprint density at radius 3 is 2.56 bits per heavy atom. The number of phenolic OH excluding ortho intramolecular Hbond substituents is 1. The number of nitrogens with one attached hydrogen (secondary N) is 2. The minimum Gasteiger partial charge on any atom is -0.508 e. The number of hydrogen-bond acceptors (Lipinski definition) is 5. The van der Waals surface area contributed by atoms with Gasteiger partial charge >= 0.3 is 0 Å². The summed E-state index contributed by atoms with van der Waals surface area (Å²) in [4.78, 5) is 0. The summed E-state index contributed by atoms with van der Waals surface area (Å²) in [5.74, 6) is 1.76. The minimum atomic E-state index is 0.224. The van der Waals surface area contributed by atoms with Gasteiger partial charge in [-0.25, -0.2) is 0 Å². The van der Waals surface area contributed by atoms with Crippen molar-refractivity contribution in [2.45, 2.75) is 33.2 Å². The van der Waals surface area contributed by atoms with Crippen molar-refractivity contribution in [3.63, 3.8) is 0 Å². The third kappa shape index (κ3) is 6.18. The van der Waals surface area contributed by atoms with E-state index in [9.17, 15) is 5.11 Å². The second-order valence-electron chi connectivity index (χ2n) is 7.55. The van der Waals surface area contributed by atoms with E-state index in [0.29, 0.717) is 6.42 Å². The molecule has 3 rings (SSSR count). The molecular weight excluding hydrogens is 424 g/mol. The van der Waals surface area contributed by atoms with Crippen molar-refractivity contribution in [3.8, 4) is 24.0 Å². The molecule has 0 aliphatic heterocycles. The number of ether oxygens (including phenoxy) is 1. The highest BCUT2D eigenvalue weighted by Crippen LogP contribution is 2.23. The Kier molecular flexibility index (Phi) is 8.73. The van der Waals surface area contributed by atoms with E-state index >= 15 is 0 Å². The summed E-state index contributed by atoms with van der Waals surface area (Å²) in [7, 11) is 0. The lowest BCUT2D eigenvalue weighted by Gasteiger charge is -2.11. The molecule has 0 bridgehead atoms. The van der Waals surface area contributed by atoms with Gasteiger partial charge in [0.2, 0.25) is 0 Å². The zero-order chi connectivity index (χ0) is 24.3. The number of terminal acetylenes is 1. The predicted molar refractivity (Wildman–Crippen MR) is 137 cm³/mol. The number of aromatic hydroxyl groups is 1. The van der Waals surface area contributed by atoms with Crippen molar-refractivity contribution in [3.05, 3.63) is 99.9 Å². The highest BCUT2D eigenvalue weighted by Gasteiger charge is 2.12. The molecule has 0 aliphatic rings. The van der Waals surface area contributed by atoms with Gasteiger partial charge in [0.1, 0.15) is 17.3 Å². The first-order valence-electron chi connectivity index (χ1n) is 11.2. The Bertz CT molecular complexity index is 1310. The van der Waals surface area contributed by atoms with Gasteiger partial charge in [0.05, 0.1) is 11.0 Å². The Balaban J connectivity index is 2.12. The number of nitrogens with zero attached hydrogens (tertiary/aromatic N) is 1. The molecule has 0 amide bonds. The minimum absolute atomic E-state index is 0.224. The molecule has 0 fully saturated rings. The lowest BCUT2D eigenvalue weighted by Crippen LogP contribution is -2.31. The van der Waals surface area contributed by atoms with Crippen molar-refractivity contribution in [1.82, 2.24) is 15.5 Å². The average molecular weight is 455 g/mol. The largest absolute Gasteiger partial charge is 0.508 e. The summed E-state index contributed by atoms with van der Waals surface area (Å²) < 4.78 is 6.00. The molecule has 0 spiro atoms. The molecule has 5 N–H and O–H groups in total. The number of hydrogen-bond donors (Lipinski definition) is 4. The SMILES string of the molecule is C#CN/C=c1/[nH]nc(CN)/c1=C(/Cc1ccc(O)cc1)c1ccc(OC(/C=C\CC)=C/C)cc1. The standard InChI is InChI=1S/C28H30N4O2/c1-4-7-8-23(5-2)34-24-15-11-21(12-16-24)25(17-20-9-13-22(33)14-10-20)28-26(18-29)31-32-27(28)19-30-6-3/h3,5,7-16,19,30,32-33H,4,17-18,29H2,1-2H3/b8-7-,23-5+,27-19+,28-25+. The van der Waals surface area contributed by atoms with Gasteiger partial charge in [-0.05, 0) is 72.9 Å². The normalized spacial score (nSPS) is 13.1. The molecule has 0 radical (unpaired) electrons. The molecule has 0 saturated carbocycles. The molecule has 0 aliphatic carbocycles. The molecule has 0 saturated heterocycles. The van der Waals surface area contributed by atoms with Crippen molar-refractivity contribution >= 4 is 11.8 Å². The van der Waals surface area contributed by atoms with Crippen LogP contribution in [0.15, 0.2) is 72.5 Å². The summed E-state index contributed by atoms with van der Waals surface area (Å²) in [6.07, 6.45) is 14.6. The first-order chi connectivity index (χ1) is 16.6. The van der Waals surface area contributed by atoms with Crippen LogP contribution in [0.1, 0.15) is 37.1 Å². The van der Waals surface area contributed by atoms with E-state index in [4.69, 9.17) is 16.9 Å². The average Bonchev–Trinajstić information content (AvgIpc) is 3.28.